The van der Waals surface area contributed by atoms with Crippen molar-refractivity contribution in [1.29, 1.82) is 0 Å². The predicted octanol–water partition coefficient (Wildman–Crippen LogP) is 2.39. The third-order valence-corrected chi connectivity index (χ3v) is 3.26. The summed E-state index contributed by atoms with van der Waals surface area (Å²) in [6.45, 7) is 2.97. The summed E-state index contributed by atoms with van der Waals surface area (Å²) in [5, 5.41) is 3.24. The summed E-state index contributed by atoms with van der Waals surface area (Å²) in [6.07, 6.45) is 5.49. The van der Waals surface area contributed by atoms with Crippen LogP contribution in [0.25, 0.3) is 0 Å². The maximum absolute atomic E-state index is 4.43. The quantitative estimate of drug-likeness (QED) is 0.892. The van der Waals surface area contributed by atoms with Gasteiger partial charge in [-0.05, 0) is 49.4 Å². The van der Waals surface area contributed by atoms with Crippen LogP contribution in [0, 0.1) is 0 Å². The Morgan fingerprint density at radius 1 is 1.21 bits per heavy atom. The molecule has 1 unspecified atom stereocenters. The van der Waals surface area contributed by atoms with Gasteiger partial charge in [0.1, 0.15) is 5.82 Å². The molecule has 0 aliphatic heterocycles. The molecule has 2 aromatic heterocycles. The van der Waals surface area contributed by atoms with Gasteiger partial charge in [0.15, 0.2) is 0 Å². The average molecular weight is 256 g/mol. The largest absolute Gasteiger partial charge is 0.355 e. The number of rotatable bonds is 5. The Hall–Kier alpha value is -1.94. The van der Waals surface area contributed by atoms with Crippen LogP contribution in [0.1, 0.15) is 24.1 Å². The molecule has 0 aromatic carbocycles. The van der Waals surface area contributed by atoms with Crippen LogP contribution in [0.2, 0.25) is 0 Å². The minimum Gasteiger partial charge on any atom is -0.355 e. The number of nitrogens with one attached hydrogen (secondary N) is 1. The van der Waals surface area contributed by atoms with Crippen molar-refractivity contribution < 1.29 is 0 Å². The Labute approximate surface area is 114 Å². The van der Waals surface area contributed by atoms with E-state index in [1.54, 1.807) is 0 Å². The van der Waals surface area contributed by atoms with Crippen LogP contribution < -0.4 is 10.2 Å². The Bertz CT molecular complexity index is 513. The van der Waals surface area contributed by atoms with Crippen LogP contribution in [-0.4, -0.2) is 24.1 Å². The van der Waals surface area contributed by atoms with E-state index < -0.39 is 0 Å². The van der Waals surface area contributed by atoms with Gasteiger partial charge in [-0.2, -0.15) is 0 Å². The van der Waals surface area contributed by atoms with Crippen LogP contribution in [0.4, 0.5) is 5.82 Å². The fourth-order valence-corrected chi connectivity index (χ4v) is 1.92. The summed E-state index contributed by atoms with van der Waals surface area (Å²) in [5.74, 6) is 0.983. The zero-order valence-electron chi connectivity index (χ0n) is 11.7. The number of nitrogens with zero attached hydrogens (tertiary/aromatic N) is 3. The lowest BCUT2D eigenvalue weighted by Gasteiger charge is -2.20. The predicted molar refractivity (Wildman–Crippen MR) is 78.1 cm³/mol. The lowest BCUT2D eigenvalue weighted by Crippen LogP contribution is -2.19. The van der Waals surface area contributed by atoms with Crippen molar-refractivity contribution in [3.05, 3.63) is 54.0 Å². The second-order valence-electron chi connectivity index (χ2n) is 4.67. The second kappa shape index (κ2) is 6.29. The van der Waals surface area contributed by atoms with Gasteiger partial charge < -0.3 is 10.2 Å². The van der Waals surface area contributed by atoms with Crippen molar-refractivity contribution in [3.63, 3.8) is 0 Å². The molecule has 0 saturated carbocycles. The molecule has 19 heavy (non-hydrogen) atoms. The molecule has 0 radical (unpaired) electrons. The number of aromatic nitrogens is 2. The maximum Gasteiger partial charge on any atom is 0.128 e. The molecule has 4 nitrogen and oxygen atoms in total. The topological polar surface area (TPSA) is 41.1 Å². The lowest BCUT2D eigenvalue weighted by molar-refractivity contribution is 0.651. The monoisotopic (exact) mass is 256 g/mol. The van der Waals surface area contributed by atoms with Gasteiger partial charge in [0.25, 0.3) is 0 Å². The van der Waals surface area contributed by atoms with Gasteiger partial charge in [-0.15, -0.1) is 0 Å². The fraction of sp³-hybridized carbons (Fsp3) is 0.333. The zero-order valence-corrected chi connectivity index (χ0v) is 11.7. The Morgan fingerprint density at radius 2 is 1.95 bits per heavy atom. The van der Waals surface area contributed by atoms with Crippen molar-refractivity contribution in [1.82, 2.24) is 15.3 Å². The summed E-state index contributed by atoms with van der Waals surface area (Å²) >= 11 is 0. The van der Waals surface area contributed by atoms with E-state index in [2.05, 4.69) is 40.2 Å². The molecule has 0 amide bonds. The molecule has 0 fully saturated rings. The maximum atomic E-state index is 4.43. The molecular weight excluding hydrogens is 236 g/mol. The smallest absolute Gasteiger partial charge is 0.128 e. The summed E-state index contributed by atoms with van der Waals surface area (Å²) in [5.41, 5.74) is 2.47. The van der Waals surface area contributed by atoms with Gasteiger partial charge in [-0.25, -0.2) is 4.98 Å². The van der Waals surface area contributed by atoms with Crippen molar-refractivity contribution >= 4 is 5.82 Å². The van der Waals surface area contributed by atoms with Crippen LogP contribution in [0.5, 0.6) is 0 Å². The molecule has 4 heteroatoms. The first kappa shape index (κ1) is 13.5. The molecule has 0 saturated heterocycles. The lowest BCUT2D eigenvalue weighted by atomic mass is 10.1. The first-order valence-electron chi connectivity index (χ1n) is 6.44. The third kappa shape index (κ3) is 3.51. The van der Waals surface area contributed by atoms with Crippen molar-refractivity contribution in [2.24, 2.45) is 0 Å². The summed E-state index contributed by atoms with van der Waals surface area (Å²) in [6, 6.07) is 8.55. The van der Waals surface area contributed by atoms with Crippen molar-refractivity contribution in [2.75, 3.05) is 19.0 Å². The molecule has 0 spiro atoms. The van der Waals surface area contributed by atoms with Crippen LogP contribution in [-0.2, 0) is 6.54 Å². The molecule has 0 aliphatic rings. The van der Waals surface area contributed by atoms with Crippen molar-refractivity contribution in [3.8, 4) is 0 Å². The molecule has 0 aliphatic carbocycles. The SMILES string of the molecule is CNC(C)c1ccnc(N(C)Cc2ccncc2)c1. The minimum atomic E-state index is 0.330. The van der Waals surface area contributed by atoms with E-state index in [4.69, 9.17) is 0 Å². The van der Waals surface area contributed by atoms with Gasteiger partial charge in [-0.3, -0.25) is 4.98 Å². The van der Waals surface area contributed by atoms with Crippen LogP contribution >= 0.6 is 0 Å². The van der Waals surface area contributed by atoms with Gasteiger partial charge in [-0.1, -0.05) is 0 Å². The summed E-state index contributed by atoms with van der Waals surface area (Å²) in [7, 11) is 4.02. The Kier molecular flexibility index (Phi) is 4.47. The van der Waals surface area contributed by atoms with E-state index in [1.807, 2.05) is 43.8 Å². The van der Waals surface area contributed by atoms with E-state index in [9.17, 15) is 0 Å². The highest BCUT2D eigenvalue weighted by Gasteiger charge is 2.07. The Balaban J connectivity index is 2.13. The minimum absolute atomic E-state index is 0.330. The van der Waals surface area contributed by atoms with E-state index in [-0.39, 0.29) is 0 Å². The Morgan fingerprint density at radius 3 is 2.63 bits per heavy atom. The highest BCUT2D eigenvalue weighted by molar-refractivity contribution is 5.41. The molecule has 0 bridgehead atoms. The highest BCUT2D eigenvalue weighted by atomic mass is 15.2. The summed E-state index contributed by atoms with van der Waals surface area (Å²) < 4.78 is 0. The van der Waals surface area contributed by atoms with Crippen LogP contribution in [0.3, 0.4) is 0 Å². The van der Waals surface area contributed by atoms with Crippen LogP contribution in [0.15, 0.2) is 42.9 Å². The second-order valence-corrected chi connectivity index (χ2v) is 4.67. The van der Waals surface area contributed by atoms with Gasteiger partial charge in [0, 0.05) is 38.2 Å². The van der Waals surface area contributed by atoms with Gasteiger partial charge >= 0.3 is 0 Å². The number of hydrogen-bond acceptors (Lipinski definition) is 4. The molecule has 2 rings (SSSR count). The van der Waals surface area contributed by atoms with E-state index in [0.29, 0.717) is 6.04 Å². The van der Waals surface area contributed by atoms with E-state index in [0.717, 1.165) is 12.4 Å². The molecule has 1 atom stereocenters. The normalized spacial score (nSPS) is 12.2. The average Bonchev–Trinajstić information content (AvgIpc) is 2.47. The van der Waals surface area contributed by atoms with E-state index >= 15 is 0 Å². The number of pyridine rings is 2. The molecule has 1 N–H and O–H groups in total. The molecule has 100 valence electrons. The van der Waals surface area contributed by atoms with Gasteiger partial charge in [0.2, 0.25) is 0 Å². The zero-order chi connectivity index (χ0) is 13.7. The summed E-state index contributed by atoms with van der Waals surface area (Å²) in [4.78, 5) is 10.6. The third-order valence-electron chi connectivity index (χ3n) is 3.26. The van der Waals surface area contributed by atoms with Gasteiger partial charge in [0.05, 0.1) is 0 Å². The standard InChI is InChI=1S/C15H20N4/c1-12(16-2)14-6-9-18-15(10-14)19(3)11-13-4-7-17-8-5-13/h4-10,12,16H,11H2,1-3H3. The van der Waals surface area contributed by atoms with Crippen molar-refractivity contribution in [2.45, 2.75) is 19.5 Å². The number of anilines is 1. The molecule has 2 aromatic rings. The highest BCUT2D eigenvalue weighted by Crippen LogP contribution is 2.18. The fourth-order valence-electron chi connectivity index (χ4n) is 1.92. The molecule has 2 heterocycles. The van der Waals surface area contributed by atoms with E-state index in [1.165, 1.54) is 11.1 Å². The first-order chi connectivity index (χ1) is 9.20. The number of hydrogen-bond donors (Lipinski definition) is 1. The molecular formula is C15H20N4. The first-order valence-corrected chi connectivity index (χ1v) is 6.44.